The predicted molar refractivity (Wildman–Crippen MR) is 86.5 cm³/mol. The number of carbonyl (C=O) groups is 1. The van der Waals surface area contributed by atoms with Gasteiger partial charge in [0.1, 0.15) is 0 Å². The Morgan fingerprint density at radius 1 is 1.43 bits per heavy atom. The van der Waals surface area contributed by atoms with Gasteiger partial charge in [-0.3, -0.25) is 0 Å². The molecule has 0 radical (unpaired) electrons. The molecule has 2 amide bonds. The second-order valence-corrected chi connectivity index (χ2v) is 7.22. The summed E-state index contributed by atoms with van der Waals surface area (Å²) in [6.45, 7) is 3.12. The number of urea groups is 1. The lowest BCUT2D eigenvalue weighted by atomic mass is 10.2. The van der Waals surface area contributed by atoms with E-state index in [4.69, 9.17) is 0 Å². The Kier molecular flexibility index (Phi) is 5.94. The van der Waals surface area contributed by atoms with Crippen molar-refractivity contribution < 1.29 is 9.90 Å². The Hall–Kier alpha value is -1.20. The zero-order valence-electron chi connectivity index (χ0n) is 12.7. The highest BCUT2D eigenvalue weighted by Crippen LogP contribution is 2.32. The lowest BCUT2D eigenvalue weighted by molar-refractivity contribution is 0.113. The highest BCUT2D eigenvalue weighted by atomic mass is 32.2. The minimum absolute atomic E-state index is 0.116. The number of benzene rings is 1. The first-order chi connectivity index (χ1) is 10.1. The van der Waals surface area contributed by atoms with Gasteiger partial charge in [0.15, 0.2) is 0 Å². The highest BCUT2D eigenvalue weighted by Gasteiger charge is 2.31. The molecule has 1 aliphatic carbocycles. The molecular formula is C16H24N2O2S. The monoisotopic (exact) mass is 308 g/mol. The number of aliphatic hydroxyl groups excluding tert-OH is 1. The van der Waals surface area contributed by atoms with E-state index in [2.05, 4.69) is 24.4 Å². The summed E-state index contributed by atoms with van der Waals surface area (Å²) in [6, 6.07) is 10.1. The van der Waals surface area contributed by atoms with Crippen LogP contribution in [0.2, 0.25) is 0 Å². The van der Waals surface area contributed by atoms with Crippen molar-refractivity contribution >= 4 is 17.8 Å². The van der Waals surface area contributed by atoms with Crippen molar-refractivity contribution in [2.75, 3.05) is 20.1 Å². The lowest BCUT2D eigenvalue weighted by Crippen LogP contribution is -2.43. The molecule has 1 aromatic rings. The highest BCUT2D eigenvalue weighted by molar-refractivity contribution is 8.00. The normalized spacial score (nSPS) is 17.1. The number of thioether (sulfide) groups is 1. The molecule has 116 valence electrons. The van der Waals surface area contributed by atoms with Gasteiger partial charge in [0.25, 0.3) is 0 Å². The maximum Gasteiger partial charge on any atom is 0.317 e. The number of nitrogens with zero attached hydrogens (tertiary/aromatic N) is 1. The summed E-state index contributed by atoms with van der Waals surface area (Å²) < 4.78 is 0. The van der Waals surface area contributed by atoms with E-state index in [1.54, 1.807) is 23.7 Å². The van der Waals surface area contributed by atoms with Crippen LogP contribution in [0.25, 0.3) is 0 Å². The number of amides is 2. The molecule has 0 saturated heterocycles. The van der Waals surface area contributed by atoms with Crippen molar-refractivity contribution in [1.29, 1.82) is 0 Å². The minimum atomic E-state index is -0.378. The van der Waals surface area contributed by atoms with Crippen molar-refractivity contribution in [3.8, 4) is 0 Å². The van der Waals surface area contributed by atoms with E-state index < -0.39 is 0 Å². The van der Waals surface area contributed by atoms with Crippen LogP contribution in [0.3, 0.4) is 0 Å². The van der Waals surface area contributed by atoms with E-state index in [-0.39, 0.29) is 12.1 Å². The van der Waals surface area contributed by atoms with Gasteiger partial charge in [-0.05, 0) is 30.9 Å². The molecule has 0 bridgehead atoms. The number of aliphatic hydroxyl groups is 1. The van der Waals surface area contributed by atoms with Gasteiger partial charge in [-0.25, -0.2) is 4.79 Å². The summed E-state index contributed by atoms with van der Waals surface area (Å²) in [5.41, 5.74) is 0. The maximum atomic E-state index is 12.0. The van der Waals surface area contributed by atoms with Crippen molar-refractivity contribution in [2.45, 2.75) is 36.0 Å². The molecule has 0 aromatic heterocycles. The predicted octanol–water partition coefficient (Wildman–Crippen LogP) is 2.58. The lowest BCUT2D eigenvalue weighted by Gasteiger charge is -2.22. The zero-order chi connectivity index (χ0) is 15.2. The van der Waals surface area contributed by atoms with Crippen LogP contribution in [-0.2, 0) is 0 Å². The maximum absolute atomic E-state index is 12.0. The fourth-order valence-corrected chi connectivity index (χ4v) is 3.08. The van der Waals surface area contributed by atoms with Crippen molar-refractivity contribution in [3.63, 3.8) is 0 Å². The fourth-order valence-electron chi connectivity index (χ4n) is 2.13. The first-order valence-corrected chi connectivity index (χ1v) is 8.33. The van der Waals surface area contributed by atoms with Crippen LogP contribution in [0.1, 0.15) is 19.8 Å². The van der Waals surface area contributed by atoms with Gasteiger partial charge in [-0.2, -0.15) is 0 Å². The Bertz CT molecular complexity index is 451. The molecule has 1 fully saturated rings. The van der Waals surface area contributed by atoms with Crippen LogP contribution in [0.5, 0.6) is 0 Å². The first kappa shape index (κ1) is 16.2. The van der Waals surface area contributed by atoms with E-state index >= 15 is 0 Å². The molecule has 0 aliphatic heterocycles. The number of rotatable bonds is 7. The van der Waals surface area contributed by atoms with Crippen molar-refractivity contribution in [3.05, 3.63) is 30.3 Å². The standard InChI is InChI=1S/C16H24N2O2S/c1-12(21-14-6-4-3-5-7-14)10-17-16(20)18(2)11-15(19)13-8-9-13/h3-7,12-13,15,19H,8-11H2,1-2H3,(H,17,20). The molecule has 2 unspecified atom stereocenters. The smallest absolute Gasteiger partial charge is 0.317 e. The van der Waals surface area contributed by atoms with Crippen molar-refractivity contribution in [1.82, 2.24) is 10.2 Å². The summed E-state index contributed by atoms with van der Waals surface area (Å²) in [6.07, 6.45) is 1.79. The second kappa shape index (κ2) is 7.71. The third kappa shape index (κ3) is 5.59. The molecule has 0 heterocycles. The molecule has 1 aromatic carbocycles. The molecule has 4 nitrogen and oxygen atoms in total. The SMILES string of the molecule is CC(CNC(=O)N(C)CC(O)C1CC1)Sc1ccccc1. The number of likely N-dealkylation sites (N-methyl/N-ethyl adjacent to an activating group) is 1. The summed E-state index contributed by atoms with van der Waals surface area (Å²) in [5.74, 6) is 0.396. The summed E-state index contributed by atoms with van der Waals surface area (Å²) in [4.78, 5) is 14.8. The number of hydrogen-bond donors (Lipinski definition) is 2. The van der Waals surface area contributed by atoms with Gasteiger partial charge in [-0.15, -0.1) is 11.8 Å². The largest absolute Gasteiger partial charge is 0.391 e. The fraction of sp³-hybridized carbons (Fsp3) is 0.562. The van der Waals surface area contributed by atoms with E-state index in [0.29, 0.717) is 24.3 Å². The molecule has 0 spiro atoms. The first-order valence-electron chi connectivity index (χ1n) is 7.45. The molecule has 21 heavy (non-hydrogen) atoms. The van der Waals surface area contributed by atoms with E-state index in [9.17, 15) is 9.90 Å². The average Bonchev–Trinajstić information content (AvgIpc) is 3.30. The van der Waals surface area contributed by atoms with Crippen molar-refractivity contribution in [2.24, 2.45) is 5.92 Å². The quantitative estimate of drug-likeness (QED) is 0.761. The van der Waals surface area contributed by atoms with Crippen LogP contribution < -0.4 is 5.32 Å². The molecule has 1 aliphatic rings. The van der Waals surface area contributed by atoms with Crippen LogP contribution >= 0.6 is 11.8 Å². The molecule has 2 rings (SSSR count). The Morgan fingerprint density at radius 2 is 2.10 bits per heavy atom. The molecule has 1 saturated carbocycles. The molecule has 2 atom stereocenters. The van der Waals surface area contributed by atoms with Gasteiger partial charge < -0.3 is 15.3 Å². The topological polar surface area (TPSA) is 52.6 Å². The number of carbonyl (C=O) groups excluding carboxylic acids is 1. The zero-order valence-corrected chi connectivity index (χ0v) is 13.5. The Morgan fingerprint density at radius 3 is 2.71 bits per heavy atom. The van der Waals surface area contributed by atoms with E-state index in [1.807, 2.05) is 18.2 Å². The van der Waals surface area contributed by atoms with Crippen LogP contribution in [0.15, 0.2) is 35.2 Å². The second-order valence-electron chi connectivity index (χ2n) is 5.71. The van der Waals surface area contributed by atoms with Gasteiger partial charge in [0.05, 0.1) is 6.10 Å². The third-order valence-corrected chi connectivity index (χ3v) is 4.71. The molecular weight excluding hydrogens is 284 g/mol. The molecule has 2 N–H and O–H groups in total. The number of nitrogens with one attached hydrogen (secondary N) is 1. The van der Waals surface area contributed by atoms with Gasteiger partial charge in [0.2, 0.25) is 0 Å². The van der Waals surface area contributed by atoms with Gasteiger partial charge >= 0.3 is 6.03 Å². The van der Waals surface area contributed by atoms with Gasteiger partial charge in [0, 0.05) is 30.3 Å². The third-order valence-electron chi connectivity index (χ3n) is 3.59. The Labute approximate surface area is 130 Å². The summed E-state index contributed by atoms with van der Waals surface area (Å²) in [5, 5.41) is 13.1. The summed E-state index contributed by atoms with van der Waals surface area (Å²) in [7, 11) is 1.73. The van der Waals surface area contributed by atoms with Crippen LogP contribution in [-0.4, -0.2) is 47.5 Å². The van der Waals surface area contributed by atoms with Crippen LogP contribution in [0.4, 0.5) is 4.79 Å². The average molecular weight is 308 g/mol. The summed E-state index contributed by atoms with van der Waals surface area (Å²) >= 11 is 1.74. The van der Waals surface area contributed by atoms with E-state index in [0.717, 1.165) is 12.8 Å². The minimum Gasteiger partial charge on any atom is -0.391 e. The Balaban J connectivity index is 1.67. The number of hydrogen-bond acceptors (Lipinski definition) is 3. The molecule has 5 heteroatoms. The van der Waals surface area contributed by atoms with Crippen LogP contribution in [0, 0.1) is 5.92 Å². The van der Waals surface area contributed by atoms with E-state index in [1.165, 1.54) is 4.90 Å². The van der Waals surface area contributed by atoms with Gasteiger partial charge in [-0.1, -0.05) is 25.1 Å².